The summed E-state index contributed by atoms with van der Waals surface area (Å²) >= 11 is 0. The van der Waals surface area contributed by atoms with Gasteiger partial charge in [0.1, 0.15) is 22.5 Å². The second-order valence-corrected chi connectivity index (χ2v) is 4.66. The molecule has 0 amide bonds. The third-order valence-electron chi connectivity index (χ3n) is 3.20. The van der Waals surface area contributed by atoms with Crippen molar-refractivity contribution in [1.29, 1.82) is 0 Å². The van der Waals surface area contributed by atoms with Gasteiger partial charge in [-0.15, -0.1) is 15.0 Å². The zero-order valence-electron chi connectivity index (χ0n) is 11.0. The second-order valence-electron chi connectivity index (χ2n) is 4.66. The third-order valence-corrected chi connectivity index (χ3v) is 3.20. The molecule has 0 saturated heterocycles. The molecular formula is C15H15N3O. The van der Waals surface area contributed by atoms with E-state index in [-0.39, 0.29) is 5.75 Å². The molecule has 0 aliphatic carbocycles. The van der Waals surface area contributed by atoms with Crippen LogP contribution < -0.4 is 0 Å². The van der Waals surface area contributed by atoms with Crippen LogP contribution in [-0.4, -0.2) is 20.1 Å². The summed E-state index contributed by atoms with van der Waals surface area (Å²) in [5, 5.41) is 18.8. The number of aromatic hydroxyl groups is 1. The first kappa shape index (κ1) is 11.7. The Bertz CT molecular complexity index is 746. The van der Waals surface area contributed by atoms with Crippen LogP contribution in [-0.2, 0) is 6.42 Å². The van der Waals surface area contributed by atoms with Crippen LogP contribution in [0.25, 0.3) is 16.7 Å². The lowest BCUT2D eigenvalue weighted by molar-refractivity contribution is 0.467. The van der Waals surface area contributed by atoms with Gasteiger partial charge in [0, 0.05) is 0 Å². The van der Waals surface area contributed by atoms with Gasteiger partial charge in [0.05, 0.1) is 0 Å². The first-order valence-electron chi connectivity index (χ1n) is 6.33. The predicted molar refractivity (Wildman–Crippen MR) is 74.6 cm³/mol. The molecule has 0 spiro atoms. The van der Waals surface area contributed by atoms with Crippen molar-refractivity contribution >= 4 is 11.0 Å². The minimum Gasteiger partial charge on any atom is -0.506 e. The highest BCUT2D eigenvalue weighted by molar-refractivity contribution is 5.74. The van der Waals surface area contributed by atoms with Gasteiger partial charge < -0.3 is 5.11 Å². The Morgan fingerprint density at radius 1 is 1.05 bits per heavy atom. The molecule has 0 aliphatic rings. The molecule has 1 aromatic heterocycles. The third kappa shape index (κ3) is 2.05. The quantitative estimate of drug-likeness (QED) is 0.763. The molecule has 0 radical (unpaired) electrons. The van der Waals surface area contributed by atoms with Gasteiger partial charge in [0.2, 0.25) is 0 Å². The fraction of sp³-hybridized carbons (Fsp3) is 0.200. The van der Waals surface area contributed by atoms with E-state index in [0.29, 0.717) is 5.69 Å². The van der Waals surface area contributed by atoms with E-state index in [1.807, 2.05) is 37.3 Å². The van der Waals surface area contributed by atoms with E-state index in [9.17, 15) is 5.11 Å². The number of hydrogen-bond acceptors (Lipinski definition) is 3. The maximum Gasteiger partial charge on any atom is 0.143 e. The van der Waals surface area contributed by atoms with Gasteiger partial charge in [-0.25, -0.2) is 0 Å². The van der Waals surface area contributed by atoms with Crippen LogP contribution in [0.15, 0.2) is 36.4 Å². The molecule has 0 atom stereocenters. The highest BCUT2D eigenvalue weighted by atomic mass is 16.3. The predicted octanol–water partition coefficient (Wildman–Crippen LogP) is 3.00. The van der Waals surface area contributed by atoms with E-state index in [2.05, 4.69) is 17.1 Å². The van der Waals surface area contributed by atoms with E-state index in [4.69, 9.17) is 0 Å². The summed E-state index contributed by atoms with van der Waals surface area (Å²) in [6.45, 7) is 4.07. The molecule has 1 heterocycles. The Hall–Kier alpha value is -2.36. The van der Waals surface area contributed by atoms with Gasteiger partial charge in [-0.05, 0) is 48.7 Å². The zero-order chi connectivity index (χ0) is 13.4. The van der Waals surface area contributed by atoms with Crippen molar-refractivity contribution in [3.05, 3.63) is 47.5 Å². The first-order valence-corrected chi connectivity index (χ1v) is 6.33. The Kier molecular flexibility index (Phi) is 2.71. The van der Waals surface area contributed by atoms with Gasteiger partial charge in [-0.3, -0.25) is 0 Å². The molecule has 3 rings (SSSR count). The first-order chi connectivity index (χ1) is 9.17. The standard InChI is InChI=1S/C15H15N3O/c1-3-11-5-7-14(15(19)9-11)18-16-12-6-4-10(2)8-13(12)17-18/h4-9,19H,3H2,1-2H3. The lowest BCUT2D eigenvalue weighted by Crippen LogP contribution is -1.99. The van der Waals surface area contributed by atoms with Crippen LogP contribution in [0.4, 0.5) is 0 Å². The minimum absolute atomic E-state index is 0.205. The maximum atomic E-state index is 10.1. The summed E-state index contributed by atoms with van der Waals surface area (Å²) in [4.78, 5) is 1.48. The fourth-order valence-corrected chi connectivity index (χ4v) is 2.09. The lowest BCUT2D eigenvalue weighted by Gasteiger charge is -2.04. The zero-order valence-corrected chi connectivity index (χ0v) is 11.0. The summed E-state index contributed by atoms with van der Waals surface area (Å²) in [6.07, 6.45) is 0.890. The van der Waals surface area contributed by atoms with Crippen molar-refractivity contribution < 1.29 is 5.11 Å². The van der Waals surface area contributed by atoms with Crippen LogP contribution in [0.3, 0.4) is 0 Å². The molecule has 19 heavy (non-hydrogen) atoms. The van der Waals surface area contributed by atoms with E-state index < -0.39 is 0 Å². The van der Waals surface area contributed by atoms with Gasteiger partial charge >= 0.3 is 0 Å². The number of benzene rings is 2. The molecule has 4 nitrogen and oxygen atoms in total. The minimum atomic E-state index is 0.205. The highest BCUT2D eigenvalue weighted by Crippen LogP contribution is 2.23. The van der Waals surface area contributed by atoms with Gasteiger partial charge in [0.25, 0.3) is 0 Å². The molecule has 0 unspecified atom stereocenters. The van der Waals surface area contributed by atoms with Crippen molar-refractivity contribution in [3.8, 4) is 11.4 Å². The number of nitrogens with zero attached hydrogens (tertiary/aromatic N) is 3. The summed E-state index contributed by atoms with van der Waals surface area (Å²) < 4.78 is 0. The van der Waals surface area contributed by atoms with Crippen LogP contribution >= 0.6 is 0 Å². The monoisotopic (exact) mass is 253 g/mol. The van der Waals surface area contributed by atoms with Gasteiger partial charge in [0.15, 0.2) is 0 Å². The number of rotatable bonds is 2. The fourth-order valence-electron chi connectivity index (χ4n) is 2.09. The summed E-state index contributed by atoms with van der Waals surface area (Å²) in [5.41, 5.74) is 4.49. The molecule has 96 valence electrons. The molecule has 2 aromatic carbocycles. The molecule has 0 saturated carbocycles. The molecule has 0 bridgehead atoms. The summed E-state index contributed by atoms with van der Waals surface area (Å²) in [5.74, 6) is 0.205. The van der Waals surface area contributed by atoms with Crippen LogP contribution in [0.1, 0.15) is 18.1 Å². The molecule has 1 N–H and O–H groups in total. The van der Waals surface area contributed by atoms with Crippen molar-refractivity contribution in [3.63, 3.8) is 0 Å². The number of aryl methyl sites for hydroxylation is 2. The average molecular weight is 253 g/mol. The number of aromatic nitrogens is 3. The van der Waals surface area contributed by atoms with Crippen molar-refractivity contribution in [2.45, 2.75) is 20.3 Å². The van der Waals surface area contributed by atoms with Gasteiger partial charge in [-0.2, -0.15) is 0 Å². The smallest absolute Gasteiger partial charge is 0.143 e. The molecular weight excluding hydrogens is 238 g/mol. The number of hydrogen-bond donors (Lipinski definition) is 1. The normalized spacial score (nSPS) is 11.1. The van der Waals surface area contributed by atoms with Crippen molar-refractivity contribution in [2.75, 3.05) is 0 Å². The molecule has 0 fully saturated rings. The second kappa shape index (κ2) is 4.39. The Balaban J connectivity index is 2.13. The van der Waals surface area contributed by atoms with Crippen molar-refractivity contribution in [2.24, 2.45) is 0 Å². The van der Waals surface area contributed by atoms with E-state index in [1.165, 1.54) is 4.80 Å². The lowest BCUT2D eigenvalue weighted by atomic mass is 10.1. The number of phenolic OH excluding ortho intramolecular Hbond substituents is 1. The summed E-state index contributed by atoms with van der Waals surface area (Å²) in [6, 6.07) is 11.5. The van der Waals surface area contributed by atoms with E-state index in [1.54, 1.807) is 6.07 Å². The number of fused-ring (bicyclic) bond motifs is 1. The van der Waals surface area contributed by atoms with Crippen LogP contribution in [0.2, 0.25) is 0 Å². The Morgan fingerprint density at radius 2 is 1.84 bits per heavy atom. The molecule has 0 aliphatic heterocycles. The van der Waals surface area contributed by atoms with Crippen LogP contribution in [0.5, 0.6) is 5.75 Å². The summed E-state index contributed by atoms with van der Waals surface area (Å²) in [7, 11) is 0. The SMILES string of the molecule is CCc1ccc(-n2nc3ccc(C)cc3n2)c(O)c1. The van der Waals surface area contributed by atoms with E-state index >= 15 is 0 Å². The Labute approximate surface area is 111 Å². The van der Waals surface area contributed by atoms with Crippen LogP contribution in [0, 0.1) is 6.92 Å². The topological polar surface area (TPSA) is 50.9 Å². The van der Waals surface area contributed by atoms with E-state index in [0.717, 1.165) is 28.6 Å². The van der Waals surface area contributed by atoms with Crippen molar-refractivity contribution in [1.82, 2.24) is 15.0 Å². The number of phenols is 1. The molecule has 4 heteroatoms. The average Bonchev–Trinajstić information content (AvgIpc) is 2.81. The Morgan fingerprint density at radius 3 is 2.58 bits per heavy atom. The maximum absolute atomic E-state index is 10.1. The largest absolute Gasteiger partial charge is 0.506 e. The van der Waals surface area contributed by atoms with Gasteiger partial charge in [-0.1, -0.05) is 19.1 Å². The molecule has 3 aromatic rings. The highest BCUT2D eigenvalue weighted by Gasteiger charge is 2.09.